The first-order valence-corrected chi connectivity index (χ1v) is 8.43. The third-order valence-corrected chi connectivity index (χ3v) is 3.93. The summed E-state index contributed by atoms with van der Waals surface area (Å²) in [5.41, 5.74) is 2.68. The van der Waals surface area contributed by atoms with Gasteiger partial charge in [-0.05, 0) is 28.5 Å². The van der Waals surface area contributed by atoms with Crippen LogP contribution >= 0.6 is 0 Å². The zero-order valence-electron chi connectivity index (χ0n) is 15.2. The van der Waals surface area contributed by atoms with Crippen molar-refractivity contribution >= 4 is 11.8 Å². The molecule has 8 nitrogen and oxygen atoms in total. The minimum absolute atomic E-state index is 0.00882. The molecule has 3 rings (SSSR count). The van der Waals surface area contributed by atoms with E-state index < -0.39 is 0 Å². The van der Waals surface area contributed by atoms with E-state index in [2.05, 4.69) is 20.7 Å². The number of likely N-dealkylation sites (N-methyl/N-ethyl adjacent to an activating group) is 1. The fourth-order valence-corrected chi connectivity index (χ4v) is 2.38. The third kappa shape index (κ3) is 4.75. The average molecular weight is 364 g/mol. The predicted octanol–water partition coefficient (Wildman–Crippen LogP) is 1.36. The second-order valence-electron chi connectivity index (χ2n) is 6.15. The standard InChI is InChI=1S/C19H20N6O2/c1-24(2)18(26)13-25-22-17(21-23-25)12-20-19(27)16-10-8-15(9-11-16)14-6-4-3-5-7-14/h3-11H,12-13H2,1-2H3,(H,20,27). The van der Waals surface area contributed by atoms with Gasteiger partial charge >= 0.3 is 0 Å². The Labute approximate surface area is 156 Å². The van der Waals surface area contributed by atoms with E-state index in [1.807, 2.05) is 42.5 Å². The molecule has 0 saturated carbocycles. The Morgan fingerprint density at radius 3 is 2.33 bits per heavy atom. The molecule has 0 fully saturated rings. The monoisotopic (exact) mass is 364 g/mol. The number of amides is 2. The fraction of sp³-hybridized carbons (Fsp3) is 0.211. The molecular formula is C19H20N6O2. The van der Waals surface area contributed by atoms with Gasteiger partial charge in [-0.2, -0.15) is 4.80 Å². The maximum atomic E-state index is 12.3. The number of hydrogen-bond donors (Lipinski definition) is 1. The largest absolute Gasteiger partial charge is 0.347 e. The van der Waals surface area contributed by atoms with Gasteiger partial charge in [0.1, 0.15) is 6.54 Å². The molecule has 0 aliphatic rings. The number of nitrogens with zero attached hydrogens (tertiary/aromatic N) is 5. The highest BCUT2D eigenvalue weighted by Crippen LogP contribution is 2.19. The Kier molecular flexibility index (Phi) is 5.55. The molecule has 0 aliphatic heterocycles. The number of rotatable bonds is 6. The van der Waals surface area contributed by atoms with Crippen LogP contribution in [0.3, 0.4) is 0 Å². The molecule has 0 aliphatic carbocycles. The summed E-state index contributed by atoms with van der Waals surface area (Å²) < 4.78 is 0. The topological polar surface area (TPSA) is 93.0 Å². The van der Waals surface area contributed by atoms with Crippen LogP contribution in [0.5, 0.6) is 0 Å². The van der Waals surface area contributed by atoms with Crippen LogP contribution in [-0.2, 0) is 17.9 Å². The summed E-state index contributed by atoms with van der Waals surface area (Å²) in [7, 11) is 3.31. The predicted molar refractivity (Wildman–Crippen MR) is 99.6 cm³/mol. The van der Waals surface area contributed by atoms with Gasteiger partial charge in [-0.15, -0.1) is 10.2 Å². The number of carbonyl (C=O) groups is 2. The highest BCUT2D eigenvalue weighted by Gasteiger charge is 2.11. The Bertz CT molecular complexity index is 919. The SMILES string of the molecule is CN(C)C(=O)Cn1nnc(CNC(=O)c2ccc(-c3ccccc3)cc2)n1. The van der Waals surface area contributed by atoms with Crippen LogP contribution in [0.25, 0.3) is 11.1 Å². The summed E-state index contributed by atoms with van der Waals surface area (Å²) in [5.74, 6) is -0.0207. The first-order valence-electron chi connectivity index (χ1n) is 8.43. The quantitative estimate of drug-likeness (QED) is 0.713. The van der Waals surface area contributed by atoms with Crippen molar-refractivity contribution in [2.75, 3.05) is 14.1 Å². The molecule has 1 heterocycles. The van der Waals surface area contributed by atoms with Crippen LogP contribution in [0, 0.1) is 0 Å². The zero-order chi connectivity index (χ0) is 19.2. The normalized spacial score (nSPS) is 10.4. The molecule has 1 aromatic heterocycles. The molecule has 138 valence electrons. The summed E-state index contributed by atoms with van der Waals surface area (Å²) in [6, 6.07) is 17.3. The Morgan fingerprint density at radius 2 is 1.67 bits per heavy atom. The molecule has 0 unspecified atom stereocenters. The number of tetrazole rings is 1. The number of carbonyl (C=O) groups excluding carboxylic acids is 2. The van der Waals surface area contributed by atoms with E-state index in [1.165, 1.54) is 9.70 Å². The van der Waals surface area contributed by atoms with Crippen LogP contribution in [0.4, 0.5) is 0 Å². The van der Waals surface area contributed by atoms with Crippen LogP contribution in [0.2, 0.25) is 0 Å². The van der Waals surface area contributed by atoms with Crippen molar-refractivity contribution in [1.29, 1.82) is 0 Å². The average Bonchev–Trinajstić information content (AvgIpc) is 3.14. The third-order valence-electron chi connectivity index (χ3n) is 3.93. The van der Waals surface area contributed by atoms with E-state index in [9.17, 15) is 9.59 Å². The molecule has 0 atom stereocenters. The van der Waals surface area contributed by atoms with Gasteiger partial charge in [-0.25, -0.2) is 0 Å². The highest BCUT2D eigenvalue weighted by molar-refractivity contribution is 5.94. The second kappa shape index (κ2) is 8.22. The number of nitrogens with one attached hydrogen (secondary N) is 1. The summed E-state index contributed by atoms with van der Waals surface area (Å²) >= 11 is 0. The molecule has 0 saturated heterocycles. The van der Waals surface area contributed by atoms with E-state index in [4.69, 9.17) is 0 Å². The van der Waals surface area contributed by atoms with Gasteiger partial charge in [0.2, 0.25) is 5.91 Å². The molecular weight excluding hydrogens is 344 g/mol. The van der Waals surface area contributed by atoms with Crippen LogP contribution < -0.4 is 5.32 Å². The molecule has 0 bridgehead atoms. The Morgan fingerprint density at radius 1 is 1.00 bits per heavy atom. The summed E-state index contributed by atoms with van der Waals surface area (Å²) in [6.07, 6.45) is 0. The lowest BCUT2D eigenvalue weighted by molar-refractivity contribution is -0.129. The van der Waals surface area contributed by atoms with Gasteiger partial charge in [0.25, 0.3) is 5.91 Å². The van der Waals surface area contributed by atoms with Crippen molar-refractivity contribution in [3.8, 4) is 11.1 Å². The molecule has 27 heavy (non-hydrogen) atoms. The summed E-state index contributed by atoms with van der Waals surface area (Å²) in [4.78, 5) is 26.6. The molecule has 8 heteroatoms. The molecule has 0 spiro atoms. The lowest BCUT2D eigenvalue weighted by Crippen LogP contribution is -2.27. The van der Waals surface area contributed by atoms with E-state index in [0.717, 1.165) is 11.1 Å². The van der Waals surface area contributed by atoms with Crippen molar-refractivity contribution in [2.45, 2.75) is 13.1 Å². The number of aromatic nitrogens is 4. The van der Waals surface area contributed by atoms with E-state index >= 15 is 0 Å². The van der Waals surface area contributed by atoms with Crippen LogP contribution in [-0.4, -0.2) is 51.0 Å². The van der Waals surface area contributed by atoms with Crippen molar-refractivity contribution in [3.05, 3.63) is 66.0 Å². The maximum Gasteiger partial charge on any atom is 0.251 e. The van der Waals surface area contributed by atoms with Gasteiger partial charge in [0, 0.05) is 19.7 Å². The van der Waals surface area contributed by atoms with Gasteiger partial charge in [-0.3, -0.25) is 9.59 Å². The lowest BCUT2D eigenvalue weighted by atomic mass is 10.0. The molecule has 2 amide bonds. The molecule has 0 radical (unpaired) electrons. The van der Waals surface area contributed by atoms with Crippen molar-refractivity contribution in [1.82, 2.24) is 30.4 Å². The molecule has 3 aromatic rings. The zero-order valence-corrected chi connectivity index (χ0v) is 15.2. The van der Waals surface area contributed by atoms with Crippen LogP contribution in [0.15, 0.2) is 54.6 Å². The Hall–Kier alpha value is -3.55. The van der Waals surface area contributed by atoms with Crippen molar-refractivity contribution in [2.24, 2.45) is 0 Å². The number of benzene rings is 2. The van der Waals surface area contributed by atoms with Crippen molar-refractivity contribution in [3.63, 3.8) is 0 Å². The summed E-state index contributed by atoms with van der Waals surface area (Å²) in [6.45, 7) is 0.143. The van der Waals surface area contributed by atoms with E-state index in [1.54, 1.807) is 26.2 Å². The smallest absolute Gasteiger partial charge is 0.251 e. The molecule has 2 aromatic carbocycles. The minimum Gasteiger partial charge on any atom is -0.347 e. The number of hydrogen-bond acceptors (Lipinski definition) is 5. The van der Waals surface area contributed by atoms with Gasteiger partial charge in [-0.1, -0.05) is 42.5 Å². The van der Waals surface area contributed by atoms with E-state index in [0.29, 0.717) is 11.4 Å². The summed E-state index contributed by atoms with van der Waals surface area (Å²) in [5, 5.41) is 14.5. The van der Waals surface area contributed by atoms with Gasteiger partial charge in [0.15, 0.2) is 5.82 Å². The maximum absolute atomic E-state index is 12.3. The highest BCUT2D eigenvalue weighted by atomic mass is 16.2. The first-order chi connectivity index (χ1) is 13.0. The first kappa shape index (κ1) is 18.2. The van der Waals surface area contributed by atoms with E-state index in [-0.39, 0.29) is 24.9 Å². The van der Waals surface area contributed by atoms with Crippen molar-refractivity contribution < 1.29 is 9.59 Å². The minimum atomic E-state index is -0.227. The Balaban J connectivity index is 1.57. The fourth-order valence-electron chi connectivity index (χ4n) is 2.38. The second-order valence-corrected chi connectivity index (χ2v) is 6.15. The van der Waals surface area contributed by atoms with Gasteiger partial charge in [0.05, 0.1) is 6.54 Å². The van der Waals surface area contributed by atoms with Crippen LogP contribution in [0.1, 0.15) is 16.2 Å². The lowest BCUT2D eigenvalue weighted by Gasteiger charge is -2.08. The molecule has 1 N–H and O–H groups in total. The van der Waals surface area contributed by atoms with Gasteiger partial charge < -0.3 is 10.2 Å².